The highest BCUT2D eigenvalue weighted by atomic mass is 16.5. The van der Waals surface area contributed by atoms with Crippen molar-refractivity contribution in [3.05, 3.63) is 24.2 Å². The number of carbonyl (C=O) groups excluding carboxylic acids is 2. The number of amides is 1. The molecule has 5 heteroatoms. The van der Waals surface area contributed by atoms with Crippen LogP contribution in [-0.4, -0.2) is 25.0 Å². The van der Waals surface area contributed by atoms with Gasteiger partial charge in [-0.1, -0.05) is 6.92 Å². The van der Waals surface area contributed by atoms with E-state index in [1.54, 1.807) is 12.1 Å². The summed E-state index contributed by atoms with van der Waals surface area (Å²) in [6.07, 6.45) is 2.39. The Hall–Kier alpha value is -1.78. The molecular formula is C11H15NO4. The largest absolute Gasteiger partial charge is 0.466 e. The molecule has 0 spiro atoms. The molecule has 0 bridgehead atoms. The molecule has 1 aromatic rings. The van der Waals surface area contributed by atoms with Crippen molar-refractivity contribution in [1.29, 1.82) is 0 Å². The highest BCUT2D eigenvalue weighted by molar-refractivity contribution is 5.91. The molecule has 1 N–H and O–H groups in total. The maximum atomic E-state index is 11.3. The van der Waals surface area contributed by atoms with Crippen molar-refractivity contribution >= 4 is 11.9 Å². The second kappa shape index (κ2) is 6.66. The fraction of sp³-hybridized carbons (Fsp3) is 0.455. The average Bonchev–Trinajstić information content (AvgIpc) is 2.79. The SMILES string of the molecule is CCCOC(=O)CCNC(=O)c1ccco1. The van der Waals surface area contributed by atoms with E-state index in [0.717, 1.165) is 6.42 Å². The first-order chi connectivity index (χ1) is 7.74. The summed E-state index contributed by atoms with van der Waals surface area (Å²) in [5.41, 5.74) is 0. The van der Waals surface area contributed by atoms with Crippen molar-refractivity contribution in [3.63, 3.8) is 0 Å². The smallest absolute Gasteiger partial charge is 0.307 e. The molecule has 1 aromatic heterocycles. The number of nitrogens with one attached hydrogen (secondary N) is 1. The van der Waals surface area contributed by atoms with Gasteiger partial charge in [-0.25, -0.2) is 0 Å². The van der Waals surface area contributed by atoms with E-state index in [2.05, 4.69) is 5.32 Å². The number of ether oxygens (including phenoxy) is 1. The van der Waals surface area contributed by atoms with Crippen LogP contribution in [0.5, 0.6) is 0 Å². The molecule has 5 nitrogen and oxygen atoms in total. The Bertz CT molecular complexity index is 332. The van der Waals surface area contributed by atoms with Crippen molar-refractivity contribution < 1.29 is 18.7 Å². The zero-order valence-electron chi connectivity index (χ0n) is 9.19. The zero-order valence-corrected chi connectivity index (χ0v) is 9.19. The van der Waals surface area contributed by atoms with Crippen molar-refractivity contribution in [1.82, 2.24) is 5.32 Å². The minimum atomic E-state index is -0.326. The first kappa shape index (κ1) is 12.3. The Morgan fingerprint density at radius 1 is 1.50 bits per heavy atom. The second-order valence-electron chi connectivity index (χ2n) is 3.20. The molecule has 0 aliphatic carbocycles. The molecule has 0 atom stereocenters. The molecule has 0 saturated carbocycles. The number of esters is 1. The Labute approximate surface area is 93.8 Å². The third-order valence-electron chi connectivity index (χ3n) is 1.83. The summed E-state index contributed by atoms with van der Waals surface area (Å²) in [6, 6.07) is 3.19. The van der Waals surface area contributed by atoms with Crippen LogP contribution in [0.3, 0.4) is 0 Å². The Morgan fingerprint density at radius 3 is 2.94 bits per heavy atom. The van der Waals surface area contributed by atoms with Crippen molar-refractivity contribution in [2.45, 2.75) is 19.8 Å². The van der Waals surface area contributed by atoms with Gasteiger partial charge in [-0.2, -0.15) is 0 Å². The van der Waals surface area contributed by atoms with E-state index in [9.17, 15) is 9.59 Å². The van der Waals surface area contributed by atoms with Gasteiger partial charge in [0.15, 0.2) is 5.76 Å². The van der Waals surface area contributed by atoms with Gasteiger partial charge in [0.1, 0.15) is 0 Å². The summed E-state index contributed by atoms with van der Waals surface area (Å²) in [5.74, 6) is -0.392. The number of furan rings is 1. The molecule has 1 heterocycles. The van der Waals surface area contributed by atoms with Gasteiger partial charge in [0.05, 0.1) is 19.3 Å². The molecule has 0 aliphatic heterocycles. The number of carbonyl (C=O) groups is 2. The topological polar surface area (TPSA) is 68.5 Å². The second-order valence-corrected chi connectivity index (χ2v) is 3.20. The molecule has 0 radical (unpaired) electrons. The van der Waals surface area contributed by atoms with Crippen LogP contribution < -0.4 is 5.32 Å². The van der Waals surface area contributed by atoms with Gasteiger partial charge in [0, 0.05) is 6.54 Å². The van der Waals surface area contributed by atoms with Crippen LogP contribution in [0.25, 0.3) is 0 Å². The molecular weight excluding hydrogens is 210 g/mol. The van der Waals surface area contributed by atoms with E-state index in [1.165, 1.54) is 6.26 Å². The van der Waals surface area contributed by atoms with E-state index in [-0.39, 0.29) is 30.6 Å². The first-order valence-electron chi connectivity index (χ1n) is 5.21. The highest BCUT2D eigenvalue weighted by Gasteiger charge is 2.08. The Morgan fingerprint density at radius 2 is 2.31 bits per heavy atom. The lowest BCUT2D eigenvalue weighted by Crippen LogP contribution is -2.26. The molecule has 16 heavy (non-hydrogen) atoms. The maximum absolute atomic E-state index is 11.3. The fourth-order valence-corrected chi connectivity index (χ4v) is 1.06. The van der Waals surface area contributed by atoms with Gasteiger partial charge in [-0.3, -0.25) is 9.59 Å². The van der Waals surface area contributed by atoms with Gasteiger partial charge in [-0.05, 0) is 18.6 Å². The van der Waals surface area contributed by atoms with Crippen LogP contribution in [0.4, 0.5) is 0 Å². The van der Waals surface area contributed by atoms with Gasteiger partial charge >= 0.3 is 5.97 Å². The van der Waals surface area contributed by atoms with Crippen LogP contribution in [0, 0.1) is 0 Å². The molecule has 88 valence electrons. The lowest BCUT2D eigenvalue weighted by atomic mass is 10.4. The molecule has 0 aliphatic rings. The molecule has 1 amide bonds. The Balaban J connectivity index is 2.16. The number of hydrogen-bond acceptors (Lipinski definition) is 4. The predicted molar refractivity (Wildman–Crippen MR) is 56.9 cm³/mol. The summed E-state index contributed by atoms with van der Waals surface area (Å²) >= 11 is 0. The lowest BCUT2D eigenvalue weighted by Gasteiger charge is -2.03. The molecule has 0 fully saturated rings. The summed E-state index contributed by atoms with van der Waals surface area (Å²) < 4.78 is 9.74. The summed E-state index contributed by atoms with van der Waals surface area (Å²) in [6.45, 7) is 2.60. The van der Waals surface area contributed by atoms with Crippen LogP contribution in [0.1, 0.15) is 30.3 Å². The third kappa shape index (κ3) is 4.16. The van der Waals surface area contributed by atoms with Crippen LogP contribution in [-0.2, 0) is 9.53 Å². The predicted octanol–water partition coefficient (Wildman–Crippen LogP) is 1.35. The first-order valence-corrected chi connectivity index (χ1v) is 5.21. The number of hydrogen-bond donors (Lipinski definition) is 1. The summed E-state index contributed by atoms with van der Waals surface area (Å²) in [4.78, 5) is 22.4. The Kier molecular flexibility index (Phi) is 5.11. The fourth-order valence-electron chi connectivity index (χ4n) is 1.06. The normalized spacial score (nSPS) is 9.81. The van der Waals surface area contributed by atoms with Gasteiger partial charge in [0.2, 0.25) is 0 Å². The molecule has 1 rings (SSSR count). The van der Waals surface area contributed by atoms with Crippen LogP contribution in [0.2, 0.25) is 0 Å². The molecule has 0 unspecified atom stereocenters. The summed E-state index contributed by atoms with van der Waals surface area (Å²) in [5, 5.41) is 2.56. The standard InChI is InChI=1S/C11H15NO4/c1-2-7-16-10(13)5-6-12-11(14)9-4-3-8-15-9/h3-4,8H,2,5-7H2,1H3,(H,12,14). The van der Waals surface area contributed by atoms with E-state index in [1.807, 2.05) is 6.92 Å². The lowest BCUT2D eigenvalue weighted by molar-refractivity contribution is -0.143. The minimum absolute atomic E-state index is 0.173. The van der Waals surface area contributed by atoms with Crippen LogP contribution >= 0.6 is 0 Å². The minimum Gasteiger partial charge on any atom is -0.466 e. The van der Waals surface area contributed by atoms with Gasteiger partial charge in [0.25, 0.3) is 5.91 Å². The monoisotopic (exact) mass is 225 g/mol. The van der Waals surface area contributed by atoms with E-state index < -0.39 is 0 Å². The average molecular weight is 225 g/mol. The highest BCUT2D eigenvalue weighted by Crippen LogP contribution is 1.99. The van der Waals surface area contributed by atoms with E-state index in [4.69, 9.17) is 9.15 Å². The van der Waals surface area contributed by atoms with Crippen LogP contribution in [0.15, 0.2) is 22.8 Å². The van der Waals surface area contributed by atoms with Gasteiger partial charge in [-0.15, -0.1) is 0 Å². The third-order valence-corrected chi connectivity index (χ3v) is 1.83. The van der Waals surface area contributed by atoms with E-state index in [0.29, 0.717) is 6.61 Å². The maximum Gasteiger partial charge on any atom is 0.307 e. The summed E-state index contributed by atoms with van der Waals surface area (Å²) in [7, 11) is 0. The molecule has 0 aromatic carbocycles. The van der Waals surface area contributed by atoms with Gasteiger partial charge < -0.3 is 14.5 Å². The zero-order chi connectivity index (χ0) is 11.8. The number of rotatable bonds is 6. The molecule has 0 saturated heterocycles. The van der Waals surface area contributed by atoms with Crippen molar-refractivity contribution in [2.75, 3.05) is 13.2 Å². The van der Waals surface area contributed by atoms with Crippen molar-refractivity contribution in [3.8, 4) is 0 Å². The van der Waals surface area contributed by atoms with Crippen molar-refractivity contribution in [2.24, 2.45) is 0 Å². The van der Waals surface area contributed by atoms with E-state index >= 15 is 0 Å². The quantitative estimate of drug-likeness (QED) is 0.742.